The van der Waals surface area contributed by atoms with Crippen molar-refractivity contribution < 1.29 is 24.5 Å². The SMILES string of the molecule is COCC(Cn1c(C(=O)O)cc(O)cc1=O)OC. The van der Waals surface area contributed by atoms with Crippen molar-refractivity contribution in [1.82, 2.24) is 4.57 Å². The first-order chi connectivity index (χ1) is 8.49. The van der Waals surface area contributed by atoms with E-state index in [1.165, 1.54) is 14.2 Å². The summed E-state index contributed by atoms with van der Waals surface area (Å²) >= 11 is 0. The van der Waals surface area contributed by atoms with Crippen molar-refractivity contribution in [2.45, 2.75) is 12.6 Å². The molecule has 0 bridgehead atoms. The van der Waals surface area contributed by atoms with Gasteiger partial charge in [-0.15, -0.1) is 0 Å². The van der Waals surface area contributed by atoms with Gasteiger partial charge < -0.3 is 19.7 Å². The fourth-order valence-corrected chi connectivity index (χ4v) is 1.53. The number of aromatic nitrogens is 1. The van der Waals surface area contributed by atoms with Crippen molar-refractivity contribution in [2.75, 3.05) is 20.8 Å². The zero-order valence-electron chi connectivity index (χ0n) is 10.1. The third kappa shape index (κ3) is 3.31. The third-order valence-electron chi connectivity index (χ3n) is 2.40. The van der Waals surface area contributed by atoms with E-state index in [9.17, 15) is 14.7 Å². The van der Waals surface area contributed by atoms with Crippen molar-refractivity contribution in [3.8, 4) is 5.75 Å². The highest BCUT2D eigenvalue weighted by Crippen LogP contribution is 2.09. The molecule has 0 aliphatic carbocycles. The lowest BCUT2D eigenvalue weighted by Gasteiger charge is -2.17. The van der Waals surface area contributed by atoms with Crippen LogP contribution in [0.5, 0.6) is 5.75 Å². The van der Waals surface area contributed by atoms with E-state index in [1.54, 1.807) is 0 Å². The van der Waals surface area contributed by atoms with Crippen LogP contribution in [0.3, 0.4) is 0 Å². The summed E-state index contributed by atoms with van der Waals surface area (Å²) in [6.45, 7) is 0.258. The molecular weight excluding hydrogens is 242 g/mol. The van der Waals surface area contributed by atoms with Crippen LogP contribution >= 0.6 is 0 Å². The Hall–Kier alpha value is -1.86. The van der Waals surface area contributed by atoms with Crippen LogP contribution in [0.15, 0.2) is 16.9 Å². The Morgan fingerprint density at radius 2 is 2.11 bits per heavy atom. The van der Waals surface area contributed by atoms with Crippen LogP contribution < -0.4 is 5.56 Å². The van der Waals surface area contributed by atoms with Gasteiger partial charge in [-0.1, -0.05) is 0 Å². The fourth-order valence-electron chi connectivity index (χ4n) is 1.53. The van der Waals surface area contributed by atoms with E-state index in [-0.39, 0.29) is 24.6 Å². The molecule has 1 heterocycles. The maximum Gasteiger partial charge on any atom is 0.352 e. The van der Waals surface area contributed by atoms with Gasteiger partial charge in [0.1, 0.15) is 11.4 Å². The van der Waals surface area contributed by atoms with Crippen molar-refractivity contribution >= 4 is 5.97 Å². The number of pyridine rings is 1. The molecule has 1 aromatic heterocycles. The Morgan fingerprint density at radius 1 is 1.44 bits per heavy atom. The minimum Gasteiger partial charge on any atom is -0.508 e. The molecule has 0 spiro atoms. The minimum absolute atomic E-state index is 0.0328. The number of hydrogen-bond acceptors (Lipinski definition) is 5. The second-order valence-corrected chi connectivity index (χ2v) is 3.67. The highest BCUT2D eigenvalue weighted by atomic mass is 16.5. The lowest BCUT2D eigenvalue weighted by atomic mass is 10.3. The van der Waals surface area contributed by atoms with Gasteiger partial charge >= 0.3 is 5.97 Å². The molecule has 0 aliphatic rings. The molecular formula is C11H15NO6. The standard InChI is InChI=1S/C11H15NO6/c1-17-6-8(18-2)5-12-9(11(15)16)3-7(13)4-10(12)14/h3-4,8,13H,5-6H2,1-2H3,(H,15,16). The Morgan fingerprint density at radius 3 is 2.61 bits per heavy atom. The molecule has 0 saturated heterocycles. The van der Waals surface area contributed by atoms with Gasteiger partial charge in [-0.2, -0.15) is 0 Å². The molecule has 7 nitrogen and oxygen atoms in total. The molecule has 0 aromatic carbocycles. The molecule has 1 aromatic rings. The monoisotopic (exact) mass is 257 g/mol. The predicted molar refractivity (Wildman–Crippen MR) is 62.0 cm³/mol. The first-order valence-corrected chi connectivity index (χ1v) is 5.18. The van der Waals surface area contributed by atoms with E-state index < -0.39 is 17.6 Å². The van der Waals surface area contributed by atoms with E-state index in [4.69, 9.17) is 14.6 Å². The van der Waals surface area contributed by atoms with Gasteiger partial charge in [0.15, 0.2) is 0 Å². The number of hydrogen-bond donors (Lipinski definition) is 2. The topological polar surface area (TPSA) is 98.0 Å². The average molecular weight is 257 g/mol. The van der Waals surface area contributed by atoms with Gasteiger partial charge in [0.2, 0.25) is 0 Å². The minimum atomic E-state index is -1.30. The van der Waals surface area contributed by atoms with Crippen LogP contribution in [0.25, 0.3) is 0 Å². The van der Waals surface area contributed by atoms with E-state index >= 15 is 0 Å². The van der Waals surface area contributed by atoms with Crippen molar-refractivity contribution in [3.05, 3.63) is 28.2 Å². The van der Waals surface area contributed by atoms with Crippen LogP contribution in [0.2, 0.25) is 0 Å². The smallest absolute Gasteiger partial charge is 0.352 e. The normalized spacial score (nSPS) is 12.3. The summed E-state index contributed by atoms with van der Waals surface area (Å²) in [6.07, 6.45) is -0.449. The third-order valence-corrected chi connectivity index (χ3v) is 2.40. The van der Waals surface area contributed by atoms with Crippen molar-refractivity contribution in [2.24, 2.45) is 0 Å². The molecule has 100 valence electrons. The van der Waals surface area contributed by atoms with Gasteiger partial charge in [-0.05, 0) is 0 Å². The first-order valence-electron chi connectivity index (χ1n) is 5.18. The maximum absolute atomic E-state index is 11.7. The van der Waals surface area contributed by atoms with E-state index in [2.05, 4.69) is 0 Å². The van der Waals surface area contributed by atoms with Gasteiger partial charge in [-0.3, -0.25) is 9.36 Å². The maximum atomic E-state index is 11.7. The summed E-state index contributed by atoms with van der Waals surface area (Å²) in [4.78, 5) is 22.7. The van der Waals surface area contributed by atoms with E-state index in [0.717, 1.165) is 16.7 Å². The van der Waals surface area contributed by atoms with Crippen LogP contribution in [-0.2, 0) is 16.0 Å². The second kappa shape index (κ2) is 6.18. The molecule has 0 aliphatic heterocycles. The summed E-state index contributed by atoms with van der Waals surface area (Å²) in [6, 6.07) is 1.97. The number of ether oxygens (including phenoxy) is 2. The number of carboxylic acids is 1. The Labute approximate surface area is 103 Å². The van der Waals surface area contributed by atoms with Gasteiger partial charge in [0.05, 0.1) is 19.3 Å². The Bertz CT molecular complexity index is 481. The first kappa shape index (κ1) is 14.2. The Kier molecular flexibility index (Phi) is 4.87. The molecule has 1 atom stereocenters. The quantitative estimate of drug-likeness (QED) is 0.739. The lowest BCUT2D eigenvalue weighted by Crippen LogP contribution is -2.33. The fraction of sp³-hybridized carbons (Fsp3) is 0.455. The highest BCUT2D eigenvalue weighted by molar-refractivity contribution is 5.86. The van der Waals surface area contributed by atoms with E-state index in [1.807, 2.05) is 0 Å². The second-order valence-electron chi connectivity index (χ2n) is 3.67. The van der Waals surface area contributed by atoms with Gasteiger partial charge in [-0.25, -0.2) is 4.79 Å². The van der Waals surface area contributed by atoms with Crippen LogP contribution in [0.1, 0.15) is 10.5 Å². The number of aromatic carboxylic acids is 1. The number of carbonyl (C=O) groups is 1. The van der Waals surface area contributed by atoms with Crippen molar-refractivity contribution in [1.29, 1.82) is 0 Å². The number of aromatic hydroxyl groups is 1. The average Bonchev–Trinajstić information content (AvgIpc) is 2.30. The van der Waals surface area contributed by atoms with Gasteiger partial charge in [0, 0.05) is 26.4 Å². The molecule has 0 fully saturated rings. The van der Waals surface area contributed by atoms with Crippen LogP contribution in [0.4, 0.5) is 0 Å². The van der Waals surface area contributed by atoms with Crippen LogP contribution in [0, 0.1) is 0 Å². The summed E-state index contributed by atoms with van der Waals surface area (Å²) in [5.41, 5.74) is -0.899. The molecule has 0 saturated carbocycles. The molecule has 2 N–H and O–H groups in total. The molecule has 18 heavy (non-hydrogen) atoms. The Balaban J connectivity index is 3.14. The van der Waals surface area contributed by atoms with Gasteiger partial charge in [0.25, 0.3) is 5.56 Å². The molecule has 0 radical (unpaired) electrons. The highest BCUT2D eigenvalue weighted by Gasteiger charge is 2.17. The number of carboxylic acid groups (broad SMARTS) is 1. The summed E-state index contributed by atoms with van der Waals surface area (Å²) in [7, 11) is 2.92. The number of rotatable bonds is 6. The largest absolute Gasteiger partial charge is 0.508 e. The number of methoxy groups -OCH3 is 2. The molecule has 1 unspecified atom stereocenters. The van der Waals surface area contributed by atoms with Crippen LogP contribution in [-0.4, -0.2) is 47.7 Å². The summed E-state index contributed by atoms with van der Waals surface area (Å²) < 4.78 is 11.0. The molecule has 1 rings (SSSR count). The zero-order chi connectivity index (χ0) is 13.7. The van der Waals surface area contributed by atoms with Crippen molar-refractivity contribution in [3.63, 3.8) is 0 Å². The summed E-state index contributed by atoms with van der Waals surface area (Å²) in [5.74, 6) is -1.68. The molecule has 0 amide bonds. The number of nitrogens with zero attached hydrogens (tertiary/aromatic N) is 1. The van der Waals surface area contributed by atoms with E-state index in [0.29, 0.717) is 0 Å². The molecule has 7 heteroatoms. The zero-order valence-corrected chi connectivity index (χ0v) is 10.1. The summed E-state index contributed by atoms with van der Waals surface area (Å²) in [5, 5.41) is 18.2. The predicted octanol–water partition coefficient (Wildman–Crippen LogP) is -0.0865. The lowest BCUT2D eigenvalue weighted by molar-refractivity contribution is 0.0169.